The number of methoxy groups -OCH3 is 1. The number of alkyl halides is 1. The number of ether oxygens (including phenoxy) is 1. The van der Waals surface area contributed by atoms with Crippen LogP contribution in [0, 0.1) is 0 Å². The first-order valence-electron chi connectivity index (χ1n) is 5.35. The van der Waals surface area contributed by atoms with Crippen LogP contribution in [0.3, 0.4) is 0 Å². The van der Waals surface area contributed by atoms with Crippen molar-refractivity contribution in [3.63, 3.8) is 0 Å². The zero-order valence-electron chi connectivity index (χ0n) is 9.56. The summed E-state index contributed by atoms with van der Waals surface area (Å²) in [5, 5.41) is 0.934. The Hall–Kier alpha value is 0.310. The minimum absolute atomic E-state index is 0.0853. The molecule has 1 fully saturated rings. The number of hydrogen-bond acceptors (Lipinski definition) is 4. The maximum Gasteiger partial charge on any atom is 0.216 e. The van der Waals surface area contributed by atoms with E-state index in [0.717, 1.165) is 25.0 Å². The summed E-state index contributed by atoms with van der Waals surface area (Å²) in [6, 6.07) is 0. The lowest BCUT2D eigenvalue weighted by Crippen LogP contribution is -2.49. The second kappa shape index (κ2) is 6.90. The maximum absolute atomic E-state index is 11.8. The van der Waals surface area contributed by atoms with Gasteiger partial charge in [0.15, 0.2) is 0 Å². The van der Waals surface area contributed by atoms with Crippen molar-refractivity contribution in [3.05, 3.63) is 0 Å². The van der Waals surface area contributed by atoms with Gasteiger partial charge >= 0.3 is 0 Å². The fraction of sp³-hybridized carbons (Fsp3) is 1.00. The molecular weight excluding hydrogens is 296 g/mol. The van der Waals surface area contributed by atoms with E-state index in [9.17, 15) is 8.42 Å². The highest BCUT2D eigenvalue weighted by atomic mass is 79.9. The highest BCUT2D eigenvalue weighted by Gasteiger charge is 2.25. The van der Waals surface area contributed by atoms with Crippen molar-refractivity contribution in [1.29, 1.82) is 0 Å². The van der Waals surface area contributed by atoms with E-state index in [1.165, 1.54) is 7.11 Å². The van der Waals surface area contributed by atoms with Crippen LogP contribution < -0.4 is 0 Å². The molecule has 0 radical (unpaired) electrons. The largest absolute Gasteiger partial charge is 0.384 e. The second-order valence-electron chi connectivity index (χ2n) is 3.74. The van der Waals surface area contributed by atoms with Gasteiger partial charge in [-0.2, -0.15) is 4.31 Å². The molecule has 0 N–H and O–H groups in total. The number of hydrogen-bond donors (Lipinski definition) is 0. The predicted octanol–water partition coefficient (Wildman–Crippen LogP) is -0.0249. The molecule has 1 saturated heterocycles. The number of sulfonamides is 1. The summed E-state index contributed by atoms with van der Waals surface area (Å²) in [6.07, 6.45) is 0. The molecule has 1 aliphatic heterocycles. The smallest absolute Gasteiger partial charge is 0.216 e. The quantitative estimate of drug-likeness (QED) is 0.646. The average Bonchev–Trinajstić information content (AvgIpc) is 2.28. The molecule has 1 rings (SSSR count). The predicted molar refractivity (Wildman–Crippen MR) is 67.5 cm³/mol. The Morgan fingerprint density at radius 1 is 1.25 bits per heavy atom. The highest BCUT2D eigenvalue weighted by Crippen LogP contribution is 2.08. The van der Waals surface area contributed by atoms with Crippen LogP contribution in [0.15, 0.2) is 0 Å². The minimum Gasteiger partial charge on any atom is -0.384 e. The third-order valence-corrected chi connectivity index (χ3v) is 4.86. The third kappa shape index (κ3) is 4.29. The molecular formula is C9H19BrN2O3S. The summed E-state index contributed by atoms with van der Waals surface area (Å²) < 4.78 is 30.0. The molecule has 0 amide bonds. The van der Waals surface area contributed by atoms with Gasteiger partial charge in [-0.3, -0.25) is 4.90 Å². The Balaban J connectivity index is 2.40. The summed E-state index contributed by atoms with van der Waals surface area (Å²) in [6.45, 7) is 4.07. The molecule has 1 aliphatic rings. The van der Waals surface area contributed by atoms with Crippen LogP contribution in [0.2, 0.25) is 0 Å². The Kier molecular flexibility index (Phi) is 6.20. The molecule has 1 heterocycles. The monoisotopic (exact) mass is 314 g/mol. The maximum atomic E-state index is 11.8. The van der Waals surface area contributed by atoms with E-state index in [1.807, 2.05) is 0 Å². The first-order chi connectivity index (χ1) is 7.60. The number of halogens is 1. The lowest BCUT2D eigenvalue weighted by Gasteiger charge is -2.33. The van der Waals surface area contributed by atoms with Crippen LogP contribution in [0.25, 0.3) is 0 Å². The second-order valence-corrected chi connectivity index (χ2v) is 6.62. The molecule has 0 atom stereocenters. The molecule has 16 heavy (non-hydrogen) atoms. The van der Waals surface area contributed by atoms with E-state index in [2.05, 4.69) is 20.8 Å². The Morgan fingerprint density at radius 3 is 2.38 bits per heavy atom. The normalized spacial score (nSPS) is 20.1. The lowest BCUT2D eigenvalue weighted by molar-refractivity contribution is 0.192. The number of rotatable bonds is 6. The number of nitrogens with zero attached hydrogens (tertiary/aromatic N) is 2. The van der Waals surface area contributed by atoms with Crippen LogP contribution in [0.4, 0.5) is 0 Å². The van der Waals surface area contributed by atoms with Gasteiger partial charge in [0.2, 0.25) is 10.0 Å². The fourth-order valence-electron chi connectivity index (χ4n) is 1.67. The molecule has 0 saturated carbocycles. The summed E-state index contributed by atoms with van der Waals surface area (Å²) in [7, 11) is -1.60. The first kappa shape index (κ1) is 14.4. The molecule has 0 spiro atoms. The molecule has 0 aromatic rings. The van der Waals surface area contributed by atoms with Crippen molar-refractivity contribution < 1.29 is 13.2 Å². The van der Waals surface area contributed by atoms with Gasteiger partial charge in [0.25, 0.3) is 0 Å². The Bertz CT molecular complexity index is 289. The van der Waals surface area contributed by atoms with Gasteiger partial charge in [-0.15, -0.1) is 0 Å². The topological polar surface area (TPSA) is 49.9 Å². The standard InChI is InChI=1S/C9H19BrN2O3S/c1-15-8-9-16(13,14)12-6-4-11(3-2-10)5-7-12/h2-9H2,1H3. The number of piperazine rings is 1. The molecule has 0 aromatic heterocycles. The van der Waals surface area contributed by atoms with Crippen LogP contribution in [0.1, 0.15) is 0 Å². The summed E-state index contributed by atoms with van der Waals surface area (Å²) in [4.78, 5) is 2.26. The van der Waals surface area contributed by atoms with E-state index in [1.54, 1.807) is 4.31 Å². The van der Waals surface area contributed by atoms with Crippen LogP contribution in [-0.4, -0.2) is 75.1 Å². The van der Waals surface area contributed by atoms with Gasteiger partial charge in [-0.25, -0.2) is 8.42 Å². The van der Waals surface area contributed by atoms with E-state index in [0.29, 0.717) is 13.1 Å². The van der Waals surface area contributed by atoms with Gasteiger partial charge in [0.05, 0.1) is 12.4 Å². The molecule has 0 bridgehead atoms. The SMILES string of the molecule is COCCS(=O)(=O)N1CCN(CCBr)CC1. The lowest BCUT2D eigenvalue weighted by atomic mass is 10.4. The van der Waals surface area contributed by atoms with E-state index in [-0.39, 0.29) is 12.4 Å². The highest BCUT2D eigenvalue weighted by molar-refractivity contribution is 9.09. The van der Waals surface area contributed by atoms with Gasteiger partial charge in [-0.1, -0.05) is 15.9 Å². The summed E-state index contributed by atoms with van der Waals surface area (Å²) in [5.41, 5.74) is 0. The van der Waals surface area contributed by atoms with Crippen LogP contribution >= 0.6 is 15.9 Å². The van der Waals surface area contributed by atoms with Crippen molar-refractivity contribution >= 4 is 26.0 Å². The third-order valence-electron chi connectivity index (χ3n) is 2.67. The van der Waals surface area contributed by atoms with Crippen molar-refractivity contribution in [3.8, 4) is 0 Å². The molecule has 5 nitrogen and oxygen atoms in total. The zero-order chi connectivity index (χ0) is 12.0. The van der Waals surface area contributed by atoms with Crippen LogP contribution in [-0.2, 0) is 14.8 Å². The minimum atomic E-state index is -3.11. The van der Waals surface area contributed by atoms with Gasteiger partial charge in [-0.05, 0) is 0 Å². The van der Waals surface area contributed by atoms with Crippen LogP contribution in [0.5, 0.6) is 0 Å². The average molecular weight is 315 g/mol. The molecule has 96 valence electrons. The van der Waals surface area contributed by atoms with E-state index >= 15 is 0 Å². The molecule has 0 aromatic carbocycles. The molecule has 0 aliphatic carbocycles. The van der Waals surface area contributed by atoms with Crippen molar-refractivity contribution in [2.75, 3.05) is 57.5 Å². The van der Waals surface area contributed by atoms with Gasteiger partial charge < -0.3 is 4.74 Å². The first-order valence-corrected chi connectivity index (χ1v) is 8.08. The molecule has 7 heteroatoms. The van der Waals surface area contributed by atoms with Gasteiger partial charge in [0.1, 0.15) is 0 Å². The summed E-state index contributed by atoms with van der Waals surface area (Å²) >= 11 is 3.38. The van der Waals surface area contributed by atoms with E-state index < -0.39 is 10.0 Å². The zero-order valence-corrected chi connectivity index (χ0v) is 12.0. The Morgan fingerprint density at radius 2 is 1.88 bits per heavy atom. The van der Waals surface area contributed by atoms with Crippen molar-refractivity contribution in [2.24, 2.45) is 0 Å². The van der Waals surface area contributed by atoms with Crippen molar-refractivity contribution in [2.45, 2.75) is 0 Å². The fourth-order valence-corrected chi connectivity index (χ4v) is 3.53. The van der Waals surface area contributed by atoms with Gasteiger partial charge in [0, 0.05) is 45.2 Å². The Labute approximate surface area is 106 Å². The van der Waals surface area contributed by atoms with Crippen molar-refractivity contribution in [1.82, 2.24) is 9.21 Å². The summed E-state index contributed by atoms with van der Waals surface area (Å²) in [5.74, 6) is 0.0853. The molecule has 0 unspecified atom stereocenters. The van der Waals surface area contributed by atoms with E-state index in [4.69, 9.17) is 4.74 Å².